The summed E-state index contributed by atoms with van der Waals surface area (Å²) in [4.78, 5) is 10.3. The Bertz CT molecular complexity index is 354. The molecule has 0 bridgehead atoms. The molecule has 0 unspecified atom stereocenters. The van der Waals surface area contributed by atoms with Gasteiger partial charge in [0.25, 0.3) is 0 Å². The van der Waals surface area contributed by atoms with E-state index in [1.807, 2.05) is 20.8 Å². The molecule has 0 amide bonds. The highest BCUT2D eigenvalue weighted by molar-refractivity contribution is 5.66. The number of aliphatic carboxylic acids is 1. The van der Waals surface area contributed by atoms with Crippen LogP contribution in [0.2, 0.25) is 0 Å². The van der Waals surface area contributed by atoms with Crippen LogP contribution in [0.5, 0.6) is 0 Å². The summed E-state index contributed by atoms with van der Waals surface area (Å²) in [5.74, 6) is -0.184. The lowest BCUT2D eigenvalue weighted by atomic mass is 10.2. The molecular formula is C10H16N2O4. The van der Waals surface area contributed by atoms with Crippen molar-refractivity contribution in [2.75, 3.05) is 0 Å². The standard InChI is InChI=1S/C10H16N2O4/c1-10(2,3)15-6-8-12-11-7(16-8)4-5-9(13)14/h4-6H2,1-3H3,(H,13,14). The summed E-state index contributed by atoms with van der Waals surface area (Å²) in [5.41, 5.74) is -0.268. The van der Waals surface area contributed by atoms with Crippen molar-refractivity contribution >= 4 is 5.97 Å². The molecular weight excluding hydrogens is 212 g/mol. The van der Waals surface area contributed by atoms with Crippen LogP contribution in [0.3, 0.4) is 0 Å². The van der Waals surface area contributed by atoms with E-state index in [1.54, 1.807) is 0 Å². The molecule has 0 aromatic carbocycles. The lowest BCUT2D eigenvalue weighted by Gasteiger charge is -2.17. The van der Waals surface area contributed by atoms with Gasteiger partial charge in [-0.05, 0) is 20.8 Å². The molecule has 0 atom stereocenters. The Hall–Kier alpha value is -1.43. The molecule has 16 heavy (non-hydrogen) atoms. The molecule has 0 aliphatic rings. The van der Waals surface area contributed by atoms with E-state index < -0.39 is 5.97 Å². The summed E-state index contributed by atoms with van der Waals surface area (Å²) in [6.45, 7) is 6.02. The minimum absolute atomic E-state index is 0.0121. The molecule has 0 aliphatic carbocycles. The van der Waals surface area contributed by atoms with Gasteiger partial charge in [0, 0.05) is 6.42 Å². The molecule has 1 rings (SSSR count). The number of carbonyl (C=O) groups is 1. The molecule has 0 spiro atoms. The van der Waals surface area contributed by atoms with Gasteiger partial charge in [-0.1, -0.05) is 0 Å². The Balaban J connectivity index is 2.42. The largest absolute Gasteiger partial charge is 0.481 e. The molecule has 6 heteroatoms. The van der Waals surface area contributed by atoms with E-state index in [-0.39, 0.29) is 25.0 Å². The fourth-order valence-corrected chi connectivity index (χ4v) is 0.940. The molecule has 6 nitrogen and oxygen atoms in total. The predicted molar refractivity (Wildman–Crippen MR) is 54.8 cm³/mol. The van der Waals surface area contributed by atoms with Gasteiger partial charge in [-0.2, -0.15) is 0 Å². The molecule has 0 fully saturated rings. The molecule has 0 aliphatic heterocycles. The molecule has 0 saturated heterocycles. The van der Waals surface area contributed by atoms with E-state index in [9.17, 15) is 4.79 Å². The van der Waals surface area contributed by atoms with E-state index in [4.69, 9.17) is 14.3 Å². The second kappa shape index (κ2) is 5.07. The first-order chi connectivity index (χ1) is 7.37. The first-order valence-electron chi connectivity index (χ1n) is 5.04. The minimum atomic E-state index is -0.884. The quantitative estimate of drug-likeness (QED) is 0.819. The Morgan fingerprint density at radius 2 is 2.00 bits per heavy atom. The normalized spacial score (nSPS) is 11.7. The second-order valence-electron chi connectivity index (χ2n) is 4.38. The van der Waals surface area contributed by atoms with Gasteiger partial charge in [0.05, 0.1) is 12.0 Å². The third-order valence-electron chi connectivity index (χ3n) is 1.69. The maximum Gasteiger partial charge on any atom is 0.303 e. The maximum atomic E-state index is 10.3. The number of hydrogen-bond acceptors (Lipinski definition) is 5. The van der Waals surface area contributed by atoms with Crippen LogP contribution in [0.25, 0.3) is 0 Å². The summed E-state index contributed by atoms with van der Waals surface area (Å²) in [7, 11) is 0. The summed E-state index contributed by atoms with van der Waals surface area (Å²) in [6.07, 6.45) is 0.236. The Morgan fingerprint density at radius 1 is 1.38 bits per heavy atom. The third kappa shape index (κ3) is 4.88. The second-order valence-corrected chi connectivity index (χ2v) is 4.38. The Morgan fingerprint density at radius 3 is 2.56 bits per heavy atom. The maximum absolute atomic E-state index is 10.3. The van der Waals surface area contributed by atoms with Crippen molar-refractivity contribution in [3.05, 3.63) is 11.8 Å². The van der Waals surface area contributed by atoms with Crippen molar-refractivity contribution < 1.29 is 19.1 Å². The van der Waals surface area contributed by atoms with Crippen molar-refractivity contribution in [1.29, 1.82) is 0 Å². The van der Waals surface area contributed by atoms with Gasteiger partial charge in [-0.15, -0.1) is 10.2 Å². The number of ether oxygens (including phenoxy) is 1. The van der Waals surface area contributed by atoms with Crippen molar-refractivity contribution in [2.24, 2.45) is 0 Å². The van der Waals surface area contributed by atoms with Crippen LogP contribution in [-0.4, -0.2) is 26.9 Å². The fourth-order valence-electron chi connectivity index (χ4n) is 0.940. The first kappa shape index (κ1) is 12.6. The summed E-state index contributed by atoms with van der Waals surface area (Å²) < 4.78 is 10.7. The molecule has 0 saturated carbocycles. The van der Waals surface area contributed by atoms with Crippen molar-refractivity contribution in [3.8, 4) is 0 Å². The summed E-state index contributed by atoms with van der Waals surface area (Å²) in [6, 6.07) is 0. The molecule has 1 aromatic rings. The highest BCUT2D eigenvalue weighted by Crippen LogP contribution is 2.11. The summed E-state index contributed by atoms with van der Waals surface area (Å²) in [5, 5.41) is 16.0. The van der Waals surface area contributed by atoms with Crippen LogP contribution in [0.1, 0.15) is 39.0 Å². The lowest BCUT2D eigenvalue weighted by Crippen LogP contribution is -2.18. The van der Waals surface area contributed by atoms with Gasteiger partial charge < -0.3 is 14.3 Å². The number of carboxylic acid groups (broad SMARTS) is 1. The minimum Gasteiger partial charge on any atom is -0.481 e. The van der Waals surface area contributed by atoms with Crippen molar-refractivity contribution in [1.82, 2.24) is 10.2 Å². The average molecular weight is 228 g/mol. The monoisotopic (exact) mass is 228 g/mol. The van der Waals surface area contributed by atoms with Crippen LogP contribution in [0.4, 0.5) is 0 Å². The topological polar surface area (TPSA) is 85.5 Å². The zero-order valence-electron chi connectivity index (χ0n) is 9.69. The lowest BCUT2D eigenvalue weighted by molar-refractivity contribution is -0.137. The van der Waals surface area contributed by atoms with E-state index in [1.165, 1.54) is 0 Å². The van der Waals surface area contributed by atoms with E-state index >= 15 is 0 Å². The number of aromatic nitrogens is 2. The highest BCUT2D eigenvalue weighted by Gasteiger charge is 2.13. The van der Waals surface area contributed by atoms with Crippen LogP contribution in [0.15, 0.2) is 4.42 Å². The number of aryl methyl sites for hydroxylation is 1. The zero-order chi connectivity index (χ0) is 12.2. The van der Waals surface area contributed by atoms with Gasteiger partial charge in [0.1, 0.15) is 6.61 Å². The van der Waals surface area contributed by atoms with E-state index in [2.05, 4.69) is 10.2 Å². The summed E-state index contributed by atoms with van der Waals surface area (Å²) >= 11 is 0. The zero-order valence-corrected chi connectivity index (χ0v) is 9.69. The SMILES string of the molecule is CC(C)(C)OCc1nnc(CCC(=O)O)o1. The van der Waals surface area contributed by atoms with Crippen LogP contribution >= 0.6 is 0 Å². The van der Waals surface area contributed by atoms with Crippen molar-refractivity contribution in [3.63, 3.8) is 0 Å². The molecule has 1 aromatic heterocycles. The number of carboxylic acids is 1. The highest BCUT2D eigenvalue weighted by atomic mass is 16.5. The number of nitrogens with zero attached hydrogens (tertiary/aromatic N) is 2. The molecule has 1 heterocycles. The van der Waals surface area contributed by atoms with Gasteiger partial charge in [0.2, 0.25) is 11.8 Å². The van der Waals surface area contributed by atoms with Gasteiger partial charge in [0.15, 0.2) is 0 Å². The van der Waals surface area contributed by atoms with E-state index in [0.29, 0.717) is 11.8 Å². The third-order valence-corrected chi connectivity index (χ3v) is 1.69. The van der Waals surface area contributed by atoms with Gasteiger partial charge in [-0.25, -0.2) is 0 Å². The average Bonchev–Trinajstić information content (AvgIpc) is 2.58. The fraction of sp³-hybridized carbons (Fsp3) is 0.700. The van der Waals surface area contributed by atoms with Gasteiger partial charge in [-0.3, -0.25) is 4.79 Å². The van der Waals surface area contributed by atoms with Crippen molar-refractivity contribution in [2.45, 2.75) is 45.8 Å². The first-order valence-corrected chi connectivity index (χ1v) is 5.04. The van der Waals surface area contributed by atoms with Gasteiger partial charge >= 0.3 is 5.97 Å². The van der Waals surface area contributed by atoms with Crippen LogP contribution < -0.4 is 0 Å². The molecule has 0 radical (unpaired) electrons. The molecule has 90 valence electrons. The molecule has 1 N–H and O–H groups in total. The smallest absolute Gasteiger partial charge is 0.303 e. The number of rotatable bonds is 5. The number of hydrogen-bond donors (Lipinski definition) is 1. The Kier molecular flexibility index (Phi) is 4.00. The Labute approximate surface area is 93.6 Å². The van der Waals surface area contributed by atoms with E-state index in [0.717, 1.165) is 0 Å². The van der Waals surface area contributed by atoms with Crippen LogP contribution in [0, 0.1) is 0 Å². The predicted octanol–water partition coefficient (Wildman–Crippen LogP) is 1.40. The van der Waals surface area contributed by atoms with Crippen LogP contribution in [-0.2, 0) is 22.6 Å².